The van der Waals surface area contributed by atoms with E-state index in [2.05, 4.69) is 5.32 Å². The van der Waals surface area contributed by atoms with Crippen molar-refractivity contribution in [3.63, 3.8) is 0 Å². The van der Waals surface area contributed by atoms with Crippen molar-refractivity contribution in [2.24, 2.45) is 0 Å². The zero-order valence-electron chi connectivity index (χ0n) is 19.1. The van der Waals surface area contributed by atoms with Crippen molar-refractivity contribution < 1.29 is 23.8 Å². The number of benzene rings is 3. The highest BCUT2D eigenvalue weighted by atomic mass is 35.5. The van der Waals surface area contributed by atoms with E-state index in [1.54, 1.807) is 73.7 Å². The maximum absolute atomic E-state index is 13.4. The minimum atomic E-state index is -0.267. The van der Waals surface area contributed by atoms with E-state index in [-0.39, 0.29) is 17.9 Å². The van der Waals surface area contributed by atoms with Gasteiger partial charge in [0, 0.05) is 22.7 Å². The predicted octanol–water partition coefficient (Wildman–Crippen LogP) is 4.89. The number of nitrogens with zero attached hydrogens (tertiary/aromatic N) is 1. The number of hydrogen-bond donors (Lipinski definition) is 1. The molecule has 0 fully saturated rings. The second-order valence-electron chi connectivity index (χ2n) is 7.77. The van der Waals surface area contributed by atoms with Gasteiger partial charge in [-0.1, -0.05) is 17.7 Å². The van der Waals surface area contributed by atoms with Gasteiger partial charge in [0.05, 0.1) is 33.1 Å². The van der Waals surface area contributed by atoms with Crippen LogP contribution in [0.25, 0.3) is 0 Å². The smallest absolute Gasteiger partial charge is 0.258 e. The molecule has 0 bridgehead atoms. The molecule has 4 rings (SSSR count). The Bertz CT molecular complexity index is 1210. The van der Waals surface area contributed by atoms with Gasteiger partial charge < -0.3 is 24.4 Å². The second kappa shape index (κ2) is 10.1. The SMILES string of the molecule is COc1ccc(C(=O)NC2CCN(C(=O)c3ccc(OC)c(OC)c3)c3cc(Cl)ccc32)cc1. The number of nitrogens with one attached hydrogen (secondary N) is 1. The summed E-state index contributed by atoms with van der Waals surface area (Å²) in [4.78, 5) is 28.0. The third-order valence-electron chi connectivity index (χ3n) is 5.83. The summed E-state index contributed by atoms with van der Waals surface area (Å²) in [5.41, 5.74) is 2.48. The maximum atomic E-state index is 13.4. The number of hydrogen-bond acceptors (Lipinski definition) is 5. The number of methoxy groups -OCH3 is 3. The molecule has 1 aliphatic heterocycles. The van der Waals surface area contributed by atoms with E-state index in [1.807, 2.05) is 6.07 Å². The van der Waals surface area contributed by atoms with Gasteiger partial charge in [0.15, 0.2) is 11.5 Å². The van der Waals surface area contributed by atoms with Crippen LogP contribution in [0.15, 0.2) is 60.7 Å². The van der Waals surface area contributed by atoms with Crippen LogP contribution in [-0.2, 0) is 0 Å². The number of rotatable bonds is 6. The quantitative estimate of drug-likeness (QED) is 0.543. The number of ether oxygens (including phenoxy) is 3. The molecule has 0 radical (unpaired) electrons. The van der Waals surface area contributed by atoms with Crippen molar-refractivity contribution in [3.05, 3.63) is 82.4 Å². The zero-order chi connectivity index (χ0) is 24.2. The average Bonchev–Trinajstić information content (AvgIpc) is 2.87. The molecule has 1 N–H and O–H groups in total. The van der Waals surface area contributed by atoms with Gasteiger partial charge in [-0.05, 0) is 66.6 Å². The van der Waals surface area contributed by atoms with Gasteiger partial charge in [-0.3, -0.25) is 9.59 Å². The van der Waals surface area contributed by atoms with Crippen molar-refractivity contribution in [1.29, 1.82) is 0 Å². The van der Waals surface area contributed by atoms with Crippen molar-refractivity contribution in [3.8, 4) is 17.2 Å². The lowest BCUT2D eigenvalue weighted by Crippen LogP contribution is -2.41. The number of anilines is 1. The molecule has 0 spiro atoms. The fraction of sp³-hybridized carbons (Fsp3) is 0.231. The van der Waals surface area contributed by atoms with E-state index in [9.17, 15) is 9.59 Å². The molecular weight excluding hydrogens is 456 g/mol. The van der Waals surface area contributed by atoms with Crippen molar-refractivity contribution in [1.82, 2.24) is 5.32 Å². The Hall–Kier alpha value is -3.71. The first kappa shape index (κ1) is 23.4. The zero-order valence-corrected chi connectivity index (χ0v) is 19.9. The summed E-state index contributed by atoms with van der Waals surface area (Å²) < 4.78 is 15.8. The molecule has 176 valence electrons. The van der Waals surface area contributed by atoms with E-state index >= 15 is 0 Å². The molecule has 8 heteroatoms. The van der Waals surface area contributed by atoms with Crippen LogP contribution in [0.2, 0.25) is 5.02 Å². The number of carbonyl (C=O) groups excluding carboxylic acids is 2. The normalized spacial score (nSPS) is 14.7. The third-order valence-corrected chi connectivity index (χ3v) is 6.07. The first-order chi connectivity index (χ1) is 16.4. The van der Waals surface area contributed by atoms with Gasteiger partial charge in [0.25, 0.3) is 11.8 Å². The molecule has 2 amide bonds. The molecular formula is C26H25ClN2O5. The van der Waals surface area contributed by atoms with Crippen LogP contribution in [0.1, 0.15) is 38.7 Å². The number of amides is 2. The van der Waals surface area contributed by atoms with Crippen LogP contribution in [-0.4, -0.2) is 39.7 Å². The van der Waals surface area contributed by atoms with Crippen molar-refractivity contribution in [2.45, 2.75) is 12.5 Å². The summed E-state index contributed by atoms with van der Waals surface area (Å²) in [6.45, 7) is 0.411. The third kappa shape index (κ3) is 4.65. The first-order valence-corrected chi connectivity index (χ1v) is 11.1. The van der Waals surface area contributed by atoms with Crippen LogP contribution < -0.4 is 24.4 Å². The average molecular weight is 481 g/mol. The van der Waals surface area contributed by atoms with Crippen LogP contribution in [0.5, 0.6) is 17.2 Å². The van der Waals surface area contributed by atoms with Crippen LogP contribution >= 0.6 is 11.6 Å². The van der Waals surface area contributed by atoms with Crippen LogP contribution in [0.4, 0.5) is 5.69 Å². The first-order valence-electron chi connectivity index (χ1n) is 10.7. The summed E-state index contributed by atoms with van der Waals surface area (Å²) in [5.74, 6) is 1.31. The van der Waals surface area contributed by atoms with Gasteiger partial charge >= 0.3 is 0 Å². The van der Waals surface area contributed by atoms with E-state index in [1.165, 1.54) is 7.11 Å². The standard InChI is InChI=1S/C26H25ClN2O5/c1-32-19-8-4-16(5-9-19)25(30)28-21-12-13-29(22-15-18(27)7-10-20(21)22)26(31)17-6-11-23(33-2)24(14-17)34-3/h4-11,14-15,21H,12-13H2,1-3H3,(H,28,30). The minimum absolute atomic E-state index is 0.190. The molecule has 1 atom stereocenters. The lowest BCUT2D eigenvalue weighted by Gasteiger charge is -2.35. The molecule has 34 heavy (non-hydrogen) atoms. The summed E-state index contributed by atoms with van der Waals surface area (Å²) >= 11 is 6.28. The second-order valence-corrected chi connectivity index (χ2v) is 8.21. The molecule has 1 heterocycles. The lowest BCUT2D eigenvalue weighted by atomic mass is 9.95. The van der Waals surface area contributed by atoms with E-state index < -0.39 is 0 Å². The Morgan fingerprint density at radius 3 is 2.26 bits per heavy atom. The van der Waals surface area contributed by atoms with E-state index in [4.69, 9.17) is 25.8 Å². The van der Waals surface area contributed by atoms with Crippen molar-refractivity contribution >= 4 is 29.1 Å². The summed E-state index contributed by atoms with van der Waals surface area (Å²) in [5, 5.41) is 3.59. The Labute approximate surface area is 203 Å². The Morgan fingerprint density at radius 2 is 1.59 bits per heavy atom. The number of carbonyl (C=O) groups is 2. The summed E-state index contributed by atoms with van der Waals surface area (Å²) in [6.07, 6.45) is 0.551. The maximum Gasteiger partial charge on any atom is 0.258 e. The molecule has 1 unspecified atom stereocenters. The largest absolute Gasteiger partial charge is 0.497 e. The molecule has 7 nitrogen and oxygen atoms in total. The van der Waals surface area contributed by atoms with Gasteiger partial charge in [-0.2, -0.15) is 0 Å². The highest BCUT2D eigenvalue weighted by Gasteiger charge is 2.31. The molecule has 0 saturated heterocycles. The molecule has 3 aromatic rings. The van der Waals surface area contributed by atoms with Gasteiger partial charge in [0.1, 0.15) is 5.75 Å². The van der Waals surface area contributed by atoms with E-state index in [0.29, 0.717) is 52.1 Å². The highest BCUT2D eigenvalue weighted by molar-refractivity contribution is 6.31. The Morgan fingerprint density at radius 1 is 0.882 bits per heavy atom. The van der Waals surface area contributed by atoms with Crippen LogP contribution in [0, 0.1) is 0 Å². The van der Waals surface area contributed by atoms with Gasteiger partial charge in [0.2, 0.25) is 0 Å². The molecule has 3 aromatic carbocycles. The Balaban J connectivity index is 1.61. The topological polar surface area (TPSA) is 77.1 Å². The van der Waals surface area contributed by atoms with Crippen molar-refractivity contribution in [2.75, 3.05) is 32.8 Å². The van der Waals surface area contributed by atoms with Gasteiger partial charge in [-0.15, -0.1) is 0 Å². The number of halogens is 1. The number of fused-ring (bicyclic) bond motifs is 1. The van der Waals surface area contributed by atoms with E-state index in [0.717, 1.165) is 5.56 Å². The fourth-order valence-corrected chi connectivity index (χ4v) is 4.22. The monoisotopic (exact) mass is 480 g/mol. The fourth-order valence-electron chi connectivity index (χ4n) is 4.05. The highest BCUT2D eigenvalue weighted by Crippen LogP contribution is 2.37. The summed E-state index contributed by atoms with van der Waals surface area (Å²) in [7, 11) is 4.65. The molecule has 0 aliphatic carbocycles. The minimum Gasteiger partial charge on any atom is -0.497 e. The van der Waals surface area contributed by atoms with Gasteiger partial charge in [-0.25, -0.2) is 0 Å². The summed E-state index contributed by atoms with van der Waals surface area (Å²) in [6, 6.07) is 17.1. The predicted molar refractivity (Wildman–Crippen MR) is 130 cm³/mol. The lowest BCUT2D eigenvalue weighted by molar-refractivity contribution is 0.0933. The Kier molecular flexibility index (Phi) is 6.93. The molecule has 1 aliphatic rings. The molecule has 0 saturated carbocycles. The molecule has 0 aromatic heterocycles. The van der Waals surface area contributed by atoms with Crippen LogP contribution in [0.3, 0.4) is 0 Å².